The molecule has 2 rings (SSSR count). The quantitative estimate of drug-likeness (QED) is 0.769. The van der Waals surface area contributed by atoms with Crippen molar-refractivity contribution in [2.24, 2.45) is 0 Å². The first-order chi connectivity index (χ1) is 8.38. The number of likely N-dealkylation sites (tertiary alicyclic amines) is 1. The van der Waals surface area contributed by atoms with Crippen molar-refractivity contribution in [1.29, 1.82) is 0 Å². The molecule has 0 bridgehead atoms. The van der Waals surface area contributed by atoms with Crippen molar-refractivity contribution < 1.29 is 4.74 Å². The topological polar surface area (TPSA) is 24.5 Å². The van der Waals surface area contributed by atoms with E-state index in [1.807, 2.05) is 0 Å². The highest BCUT2D eigenvalue weighted by molar-refractivity contribution is 4.78. The monoisotopic (exact) mass is 240 g/mol. The maximum Gasteiger partial charge on any atom is 0.0588 e. The van der Waals surface area contributed by atoms with Gasteiger partial charge in [-0.15, -0.1) is 0 Å². The van der Waals surface area contributed by atoms with Crippen LogP contribution in [0.15, 0.2) is 0 Å². The smallest absolute Gasteiger partial charge is 0.0588 e. The minimum atomic E-state index is 0.561. The highest BCUT2D eigenvalue weighted by Crippen LogP contribution is 2.17. The molecule has 0 spiro atoms. The Labute approximate surface area is 106 Å². The van der Waals surface area contributed by atoms with Crippen LogP contribution in [0.5, 0.6) is 0 Å². The van der Waals surface area contributed by atoms with Crippen molar-refractivity contribution >= 4 is 0 Å². The number of ether oxygens (including phenoxy) is 1. The molecule has 2 saturated heterocycles. The zero-order valence-corrected chi connectivity index (χ0v) is 11.3. The molecule has 2 aliphatic heterocycles. The second kappa shape index (κ2) is 7.34. The molecule has 3 nitrogen and oxygen atoms in total. The standard InChI is InChI=1S/C14H28N2O/c1-2-8-15-13-5-9-16(10-6-13)11-7-14-4-3-12-17-14/h13-15H,2-12H2,1H3. The van der Waals surface area contributed by atoms with Crippen LogP contribution in [-0.4, -0.2) is 49.8 Å². The molecule has 1 unspecified atom stereocenters. The summed E-state index contributed by atoms with van der Waals surface area (Å²) in [6, 6.07) is 0.772. The van der Waals surface area contributed by atoms with E-state index in [0.717, 1.165) is 12.6 Å². The van der Waals surface area contributed by atoms with Gasteiger partial charge in [-0.1, -0.05) is 6.92 Å². The lowest BCUT2D eigenvalue weighted by molar-refractivity contribution is 0.0868. The molecule has 0 aromatic heterocycles. The van der Waals surface area contributed by atoms with E-state index >= 15 is 0 Å². The summed E-state index contributed by atoms with van der Waals surface area (Å²) in [6.45, 7) is 8.20. The second-order valence-corrected chi connectivity index (χ2v) is 5.49. The third-order valence-electron chi connectivity index (χ3n) is 4.06. The van der Waals surface area contributed by atoms with Crippen molar-refractivity contribution in [3.63, 3.8) is 0 Å². The fourth-order valence-electron chi connectivity index (χ4n) is 2.91. The molecule has 17 heavy (non-hydrogen) atoms. The molecule has 0 aromatic carbocycles. The average Bonchev–Trinajstić information content (AvgIpc) is 2.88. The van der Waals surface area contributed by atoms with E-state index in [1.54, 1.807) is 0 Å². The Morgan fingerprint density at radius 3 is 2.71 bits per heavy atom. The van der Waals surface area contributed by atoms with Gasteiger partial charge in [0.1, 0.15) is 0 Å². The first-order valence-electron chi connectivity index (χ1n) is 7.46. The molecule has 2 heterocycles. The van der Waals surface area contributed by atoms with Gasteiger partial charge < -0.3 is 15.0 Å². The number of nitrogens with zero attached hydrogens (tertiary/aromatic N) is 1. The molecule has 0 amide bonds. The van der Waals surface area contributed by atoms with Crippen LogP contribution in [0.4, 0.5) is 0 Å². The van der Waals surface area contributed by atoms with E-state index in [2.05, 4.69) is 17.1 Å². The highest BCUT2D eigenvalue weighted by atomic mass is 16.5. The number of hydrogen-bond acceptors (Lipinski definition) is 3. The summed E-state index contributed by atoms with van der Waals surface area (Å²) >= 11 is 0. The third kappa shape index (κ3) is 4.57. The normalized spacial score (nSPS) is 27.7. The van der Waals surface area contributed by atoms with E-state index in [4.69, 9.17) is 4.74 Å². The second-order valence-electron chi connectivity index (χ2n) is 5.49. The molecule has 100 valence electrons. The van der Waals surface area contributed by atoms with Crippen molar-refractivity contribution in [2.45, 2.75) is 57.6 Å². The Balaban J connectivity index is 1.55. The number of rotatable bonds is 6. The summed E-state index contributed by atoms with van der Waals surface area (Å²) in [6.07, 6.45) is 8.26. The maximum absolute atomic E-state index is 5.68. The Bertz CT molecular complexity index is 196. The molecule has 2 fully saturated rings. The molecule has 0 aliphatic carbocycles. The molecule has 3 heteroatoms. The number of hydrogen-bond donors (Lipinski definition) is 1. The lowest BCUT2D eigenvalue weighted by atomic mass is 10.0. The average molecular weight is 240 g/mol. The van der Waals surface area contributed by atoms with Crippen LogP contribution < -0.4 is 5.32 Å². The molecular formula is C14H28N2O. The first-order valence-corrected chi connectivity index (χ1v) is 7.46. The zero-order chi connectivity index (χ0) is 11.9. The maximum atomic E-state index is 5.68. The Morgan fingerprint density at radius 1 is 1.24 bits per heavy atom. The molecular weight excluding hydrogens is 212 g/mol. The largest absolute Gasteiger partial charge is 0.378 e. The fraction of sp³-hybridized carbons (Fsp3) is 1.00. The van der Waals surface area contributed by atoms with Crippen LogP contribution in [0, 0.1) is 0 Å². The van der Waals surface area contributed by atoms with E-state index in [9.17, 15) is 0 Å². The molecule has 0 radical (unpaired) electrons. The molecule has 2 aliphatic rings. The fourth-order valence-corrected chi connectivity index (χ4v) is 2.91. The van der Waals surface area contributed by atoms with Crippen molar-refractivity contribution in [2.75, 3.05) is 32.8 Å². The van der Waals surface area contributed by atoms with Gasteiger partial charge in [0.2, 0.25) is 0 Å². The van der Waals surface area contributed by atoms with Gasteiger partial charge in [-0.2, -0.15) is 0 Å². The van der Waals surface area contributed by atoms with Crippen LogP contribution in [-0.2, 0) is 4.74 Å². The zero-order valence-electron chi connectivity index (χ0n) is 11.3. The van der Waals surface area contributed by atoms with Gasteiger partial charge in [0.05, 0.1) is 6.10 Å². The molecule has 1 atom stereocenters. The van der Waals surface area contributed by atoms with Gasteiger partial charge in [0, 0.05) is 19.2 Å². The van der Waals surface area contributed by atoms with Gasteiger partial charge in [0.25, 0.3) is 0 Å². The Kier molecular flexibility index (Phi) is 5.75. The van der Waals surface area contributed by atoms with E-state index in [1.165, 1.54) is 64.7 Å². The molecule has 1 N–H and O–H groups in total. The van der Waals surface area contributed by atoms with Crippen molar-refractivity contribution in [1.82, 2.24) is 10.2 Å². The molecule has 0 aromatic rings. The van der Waals surface area contributed by atoms with E-state index in [-0.39, 0.29) is 0 Å². The summed E-state index contributed by atoms with van der Waals surface area (Å²) in [7, 11) is 0. The molecule has 0 saturated carbocycles. The summed E-state index contributed by atoms with van der Waals surface area (Å²) < 4.78 is 5.68. The van der Waals surface area contributed by atoms with E-state index < -0.39 is 0 Å². The van der Waals surface area contributed by atoms with Crippen LogP contribution in [0.1, 0.15) is 45.4 Å². The summed E-state index contributed by atoms with van der Waals surface area (Å²) in [4.78, 5) is 2.62. The lowest BCUT2D eigenvalue weighted by Crippen LogP contribution is -2.43. The van der Waals surface area contributed by atoms with Gasteiger partial charge in [-0.3, -0.25) is 0 Å². The van der Waals surface area contributed by atoms with Crippen molar-refractivity contribution in [3.05, 3.63) is 0 Å². The van der Waals surface area contributed by atoms with E-state index in [0.29, 0.717) is 6.10 Å². The van der Waals surface area contributed by atoms with Gasteiger partial charge in [0.15, 0.2) is 0 Å². The van der Waals surface area contributed by atoms with Crippen LogP contribution in [0.2, 0.25) is 0 Å². The Hall–Kier alpha value is -0.120. The van der Waals surface area contributed by atoms with Crippen LogP contribution >= 0.6 is 0 Å². The van der Waals surface area contributed by atoms with Gasteiger partial charge >= 0.3 is 0 Å². The minimum absolute atomic E-state index is 0.561. The van der Waals surface area contributed by atoms with Crippen molar-refractivity contribution in [3.8, 4) is 0 Å². The van der Waals surface area contributed by atoms with Crippen LogP contribution in [0.3, 0.4) is 0 Å². The summed E-state index contributed by atoms with van der Waals surface area (Å²) in [5.74, 6) is 0. The highest BCUT2D eigenvalue weighted by Gasteiger charge is 2.20. The third-order valence-corrected chi connectivity index (χ3v) is 4.06. The minimum Gasteiger partial charge on any atom is -0.378 e. The number of piperidine rings is 1. The summed E-state index contributed by atoms with van der Waals surface area (Å²) in [5.41, 5.74) is 0. The number of nitrogens with one attached hydrogen (secondary N) is 1. The lowest BCUT2D eigenvalue weighted by Gasteiger charge is -2.32. The summed E-state index contributed by atoms with van der Waals surface area (Å²) in [5, 5.41) is 3.64. The Morgan fingerprint density at radius 2 is 2.06 bits per heavy atom. The SMILES string of the molecule is CCCNC1CCN(CCC2CCCO2)CC1. The predicted octanol–water partition coefficient (Wildman–Crippen LogP) is 2.02. The van der Waals surface area contributed by atoms with Crippen LogP contribution in [0.25, 0.3) is 0 Å². The van der Waals surface area contributed by atoms with Gasteiger partial charge in [-0.05, 0) is 58.2 Å². The predicted molar refractivity (Wildman–Crippen MR) is 71.3 cm³/mol. The van der Waals surface area contributed by atoms with Gasteiger partial charge in [-0.25, -0.2) is 0 Å². The first kappa shape index (κ1) is 13.3.